The number of benzene rings is 2. The summed E-state index contributed by atoms with van der Waals surface area (Å²) in [6.45, 7) is 9.51. The van der Waals surface area contributed by atoms with Gasteiger partial charge in [0, 0.05) is 108 Å². The first-order chi connectivity index (χ1) is 27.4. The zero-order valence-electron chi connectivity index (χ0n) is 31.9. The molecule has 0 radical (unpaired) electrons. The maximum Gasteiger partial charge on any atom is 0.234 e. The van der Waals surface area contributed by atoms with Crippen molar-refractivity contribution in [2.45, 2.75) is 44.1 Å². The van der Waals surface area contributed by atoms with Gasteiger partial charge in [-0.2, -0.15) is 5.10 Å². The topological polar surface area (TPSA) is 123 Å². The summed E-state index contributed by atoms with van der Waals surface area (Å²) in [5, 5.41) is 10.7. The van der Waals surface area contributed by atoms with Gasteiger partial charge >= 0.3 is 0 Å². The molecule has 2 atom stereocenters. The Bertz CT molecular complexity index is 2090. The second kappa shape index (κ2) is 15.7. The van der Waals surface area contributed by atoms with Crippen LogP contribution in [0.4, 0.5) is 21.5 Å². The zero-order chi connectivity index (χ0) is 38.2. The Kier molecular flexibility index (Phi) is 10.2. The van der Waals surface area contributed by atoms with Crippen molar-refractivity contribution in [1.82, 2.24) is 24.9 Å². The van der Waals surface area contributed by atoms with Gasteiger partial charge in [0.2, 0.25) is 11.8 Å². The van der Waals surface area contributed by atoms with Crippen molar-refractivity contribution in [3.63, 3.8) is 0 Å². The van der Waals surface area contributed by atoms with Gasteiger partial charge < -0.3 is 24.8 Å². The fourth-order valence-electron chi connectivity index (χ4n) is 8.86. The Hall–Kier alpha value is -5.34. The summed E-state index contributed by atoms with van der Waals surface area (Å²) >= 11 is 0. The summed E-state index contributed by atoms with van der Waals surface area (Å²) in [7, 11) is 2.00. The number of piperidine rings is 2. The molecule has 3 aromatic rings. The summed E-state index contributed by atoms with van der Waals surface area (Å²) in [6, 6.07) is 12.0. The zero-order valence-corrected chi connectivity index (χ0v) is 31.9. The minimum Gasteiger partial charge on any atom is -0.489 e. The smallest absolute Gasteiger partial charge is 0.234 e. The van der Waals surface area contributed by atoms with Gasteiger partial charge in [0.15, 0.2) is 5.84 Å². The molecule has 7 heterocycles. The number of imide groups is 1. The second-order valence-corrected chi connectivity index (χ2v) is 15.7. The highest BCUT2D eigenvalue weighted by Crippen LogP contribution is 2.40. The van der Waals surface area contributed by atoms with E-state index in [0.717, 1.165) is 100.0 Å². The van der Waals surface area contributed by atoms with Crippen molar-refractivity contribution < 1.29 is 18.7 Å². The number of hydrogen-bond acceptors (Lipinski definition) is 11. The summed E-state index contributed by atoms with van der Waals surface area (Å²) in [4.78, 5) is 42.9. The maximum atomic E-state index is 15.5. The number of halogens is 1. The van der Waals surface area contributed by atoms with Crippen LogP contribution in [-0.2, 0) is 9.59 Å². The Balaban J connectivity index is 0.752. The summed E-state index contributed by atoms with van der Waals surface area (Å²) < 4.78 is 23.3. The summed E-state index contributed by atoms with van der Waals surface area (Å²) in [5.41, 5.74) is 6.06. The molecule has 292 valence electrons. The lowest BCUT2D eigenvalue weighted by atomic mass is 9.83. The number of anilines is 3. The lowest BCUT2D eigenvalue weighted by molar-refractivity contribution is -0.134. The molecule has 0 aliphatic carbocycles. The Morgan fingerprint density at radius 3 is 2.50 bits per heavy atom. The van der Waals surface area contributed by atoms with E-state index in [1.807, 2.05) is 43.7 Å². The molecular formula is C42H49FN10O3. The van der Waals surface area contributed by atoms with E-state index in [4.69, 9.17) is 19.8 Å². The number of aliphatic imine (C=N–C) groups is 2. The number of piperazine rings is 1. The maximum absolute atomic E-state index is 15.5. The number of rotatable bonds is 8. The van der Waals surface area contributed by atoms with Gasteiger partial charge in [-0.25, -0.2) is 9.38 Å². The fourth-order valence-corrected chi connectivity index (χ4v) is 8.86. The number of amides is 2. The van der Waals surface area contributed by atoms with E-state index in [0.29, 0.717) is 49.1 Å². The monoisotopic (exact) mass is 760 g/mol. The molecule has 14 heteroatoms. The number of nitrogens with one attached hydrogen (secondary N) is 2. The van der Waals surface area contributed by atoms with Gasteiger partial charge in [-0.15, -0.1) is 0 Å². The van der Waals surface area contributed by atoms with Crippen LogP contribution in [0.5, 0.6) is 5.75 Å². The Morgan fingerprint density at radius 1 is 0.929 bits per heavy atom. The number of nitrogens with zero attached hydrogens (tertiary/aromatic N) is 8. The third-order valence-electron chi connectivity index (χ3n) is 12.2. The first-order valence-electron chi connectivity index (χ1n) is 20.0. The van der Waals surface area contributed by atoms with Crippen LogP contribution in [0.1, 0.15) is 55.2 Å². The summed E-state index contributed by atoms with van der Waals surface area (Å²) in [5.74, 6) is 0.199. The quantitative estimate of drug-likeness (QED) is 0.316. The molecule has 6 aliphatic rings. The van der Waals surface area contributed by atoms with Crippen LogP contribution in [0.15, 0.2) is 77.3 Å². The van der Waals surface area contributed by atoms with E-state index >= 15 is 4.39 Å². The van der Waals surface area contributed by atoms with Crippen LogP contribution in [-0.4, -0.2) is 115 Å². The highest BCUT2D eigenvalue weighted by atomic mass is 19.1. The summed E-state index contributed by atoms with van der Waals surface area (Å²) in [6.07, 6.45) is 13.3. The van der Waals surface area contributed by atoms with Crippen molar-refractivity contribution in [1.29, 1.82) is 0 Å². The molecule has 0 bridgehead atoms. The van der Waals surface area contributed by atoms with Gasteiger partial charge in [-0.1, -0.05) is 18.2 Å². The van der Waals surface area contributed by atoms with E-state index in [1.54, 1.807) is 6.20 Å². The second-order valence-electron chi connectivity index (χ2n) is 15.7. The first-order valence-corrected chi connectivity index (χ1v) is 20.0. The number of allylic oxidation sites excluding steroid dienone is 2. The number of carbonyl (C=O) groups is 2. The third kappa shape index (κ3) is 7.47. The van der Waals surface area contributed by atoms with Crippen LogP contribution in [0.3, 0.4) is 0 Å². The molecule has 6 aliphatic heterocycles. The molecule has 9 rings (SSSR count). The van der Waals surface area contributed by atoms with Crippen molar-refractivity contribution in [2.24, 2.45) is 15.9 Å². The molecule has 0 spiro atoms. The minimum absolute atomic E-state index is 0.114. The van der Waals surface area contributed by atoms with Crippen molar-refractivity contribution in [2.75, 3.05) is 87.7 Å². The molecule has 2 aromatic carbocycles. The molecule has 13 nitrogen and oxygen atoms in total. The number of likely N-dealkylation sites (N-methyl/N-ethyl adjacent to an activating group) is 1. The fraction of sp³-hybridized carbons (Fsp3) is 0.452. The molecular weight excluding hydrogens is 712 g/mol. The predicted octanol–water partition coefficient (Wildman–Crippen LogP) is 4.67. The van der Waals surface area contributed by atoms with Gasteiger partial charge in [-0.05, 0) is 55.0 Å². The van der Waals surface area contributed by atoms with Crippen molar-refractivity contribution in [3.8, 4) is 5.75 Å². The number of ether oxygens (including phenoxy) is 1. The molecule has 56 heavy (non-hydrogen) atoms. The molecule has 2 amide bonds. The van der Waals surface area contributed by atoms with Crippen molar-refractivity contribution >= 4 is 46.0 Å². The standard InChI is InChI=1S/C42H49FN10O3/c1-49-21-22-56-38-24-36(43)34(23-37(38)49)35-26-45-41(40-33(35)3-2-12-44-40)47-29-25-46-53(27-29)31-10-13-50(14-11-31)15-16-51-17-19-52(20-18-51)30-6-4-28(5-7-30)32-8-9-39(54)48-42(32)55/h2,4-7,12,23-27,31-33H,3,8-11,13-22H2,1H3,(H,45,47)(H,48,54,55). The van der Waals surface area contributed by atoms with Gasteiger partial charge in [0.25, 0.3) is 0 Å². The number of hydrogen-bond donors (Lipinski definition) is 2. The lowest BCUT2D eigenvalue weighted by Crippen LogP contribution is -2.49. The van der Waals surface area contributed by atoms with E-state index < -0.39 is 0 Å². The molecule has 3 saturated heterocycles. The van der Waals surface area contributed by atoms with Gasteiger partial charge in [0.1, 0.15) is 18.2 Å². The van der Waals surface area contributed by atoms with Crippen LogP contribution in [0.25, 0.3) is 5.57 Å². The van der Waals surface area contributed by atoms with Gasteiger partial charge in [0.05, 0.1) is 41.8 Å². The largest absolute Gasteiger partial charge is 0.489 e. The van der Waals surface area contributed by atoms with Crippen LogP contribution in [0.2, 0.25) is 0 Å². The van der Waals surface area contributed by atoms with E-state index in [1.165, 1.54) is 11.8 Å². The van der Waals surface area contributed by atoms with Crippen LogP contribution in [0, 0.1) is 11.7 Å². The van der Waals surface area contributed by atoms with Crippen LogP contribution < -0.4 is 25.2 Å². The number of fused-ring (bicyclic) bond motifs is 2. The highest BCUT2D eigenvalue weighted by Gasteiger charge is 2.33. The molecule has 2 unspecified atom stereocenters. The predicted molar refractivity (Wildman–Crippen MR) is 216 cm³/mol. The molecule has 2 N–H and O–H groups in total. The average Bonchev–Trinajstić information content (AvgIpc) is 3.69. The van der Waals surface area contributed by atoms with Crippen LogP contribution >= 0.6 is 0 Å². The normalized spacial score (nSPS) is 23.4. The van der Waals surface area contributed by atoms with Gasteiger partial charge in [-0.3, -0.25) is 29.5 Å². The SMILES string of the molecule is CN1CCOc2cc(F)c(C3=CN=C(Nc4cnn(C5CCN(CCN6CCN(c7ccc(C8CCC(=O)NC8=O)cc7)CC6)CC5)c4)C4=NC=CCC34)cc21. The number of amidine groups is 1. The average molecular weight is 761 g/mol. The molecule has 3 fully saturated rings. The third-order valence-corrected chi connectivity index (χ3v) is 12.2. The molecule has 1 aromatic heterocycles. The van der Waals surface area contributed by atoms with Crippen molar-refractivity contribution in [3.05, 3.63) is 84.2 Å². The number of carbonyl (C=O) groups excluding carboxylic acids is 2. The molecule has 0 saturated carbocycles. The highest BCUT2D eigenvalue weighted by molar-refractivity contribution is 6.49. The number of aromatic nitrogens is 2. The minimum atomic E-state index is -0.314. The first kappa shape index (κ1) is 36.3. The van der Waals surface area contributed by atoms with E-state index in [-0.39, 0.29) is 29.5 Å². The Labute approximate surface area is 326 Å². The Morgan fingerprint density at radius 2 is 1.71 bits per heavy atom. The van der Waals surface area contributed by atoms with E-state index in [2.05, 4.69) is 53.2 Å². The number of likely N-dealkylation sites (tertiary alicyclic amines) is 1. The van der Waals surface area contributed by atoms with E-state index in [9.17, 15) is 9.59 Å². The lowest BCUT2D eigenvalue weighted by Gasteiger charge is -2.38.